The van der Waals surface area contributed by atoms with E-state index in [0.717, 1.165) is 43.4 Å². The normalized spacial score (nSPS) is 17.3. The van der Waals surface area contributed by atoms with Gasteiger partial charge in [-0.3, -0.25) is 4.79 Å². The van der Waals surface area contributed by atoms with E-state index < -0.39 is 5.54 Å². The predicted octanol–water partition coefficient (Wildman–Crippen LogP) is 3.55. The van der Waals surface area contributed by atoms with Crippen molar-refractivity contribution in [1.29, 1.82) is 5.26 Å². The first-order chi connectivity index (χ1) is 12.9. The molecule has 0 aliphatic heterocycles. The van der Waals surface area contributed by atoms with Crippen molar-refractivity contribution in [3.05, 3.63) is 18.1 Å². The highest BCUT2D eigenvalue weighted by Gasteiger charge is 2.40. The minimum Gasteiger partial charge on any atom is -0.469 e. The van der Waals surface area contributed by atoms with Crippen molar-refractivity contribution in [2.75, 3.05) is 7.05 Å². The number of aryl methyl sites for hydroxylation is 1. The van der Waals surface area contributed by atoms with Gasteiger partial charge in [0.2, 0.25) is 5.91 Å². The van der Waals surface area contributed by atoms with Crippen LogP contribution >= 0.6 is 11.8 Å². The number of carbonyl (C=O) groups excluding carboxylic acids is 1. The Morgan fingerprint density at radius 1 is 1.41 bits per heavy atom. The first kappa shape index (κ1) is 19.5. The number of carbonyl (C=O) groups is 1. The molecular formula is C19H25N5O2S. The minimum atomic E-state index is -0.677. The molecule has 144 valence electrons. The van der Waals surface area contributed by atoms with Gasteiger partial charge in [0.25, 0.3) is 0 Å². The van der Waals surface area contributed by atoms with Crippen molar-refractivity contribution in [3.63, 3.8) is 0 Å². The maximum Gasteiger partial charge on any atom is 0.236 e. The molecule has 1 saturated carbocycles. The highest BCUT2D eigenvalue weighted by Crippen LogP contribution is 2.35. The number of amides is 1. The van der Waals surface area contributed by atoms with E-state index in [9.17, 15) is 10.1 Å². The van der Waals surface area contributed by atoms with E-state index in [1.54, 1.807) is 18.2 Å². The van der Waals surface area contributed by atoms with Crippen LogP contribution in [0.3, 0.4) is 0 Å². The molecule has 1 aliphatic rings. The second-order valence-corrected chi connectivity index (χ2v) is 8.42. The molecule has 1 atom stereocenters. The molecule has 1 aliphatic carbocycles. The van der Waals surface area contributed by atoms with Gasteiger partial charge in [0.15, 0.2) is 11.0 Å². The fourth-order valence-electron chi connectivity index (χ4n) is 3.62. The van der Waals surface area contributed by atoms with Gasteiger partial charge in [-0.1, -0.05) is 31.0 Å². The molecule has 0 bridgehead atoms. The largest absolute Gasteiger partial charge is 0.469 e. The summed E-state index contributed by atoms with van der Waals surface area (Å²) in [5.74, 6) is 1.43. The van der Waals surface area contributed by atoms with E-state index in [2.05, 4.69) is 16.3 Å². The van der Waals surface area contributed by atoms with Crippen molar-refractivity contribution in [2.45, 2.75) is 61.9 Å². The molecule has 1 amide bonds. The van der Waals surface area contributed by atoms with Gasteiger partial charge in [-0.2, -0.15) is 5.26 Å². The Kier molecular flexibility index (Phi) is 5.61. The molecule has 8 heteroatoms. The SMILES string of the molecule is Cc1occc1-c1nnc(S[C@@H](C)C(=O)N(C)C2(C#N)CCCCC2)n1C. The highest BCUT2D eigenvalue weighted by molar-refractivity contribution is 8.00. The van der Waals surface area contributed by atoms with Crippen LogP contribution in [0, 0.1) is 18.3 Å². The summed E-state index contributed by atoms with van der Waals surface area (Å²) in [6.07, 6.45) is 6.23. The van der Waals surface area contributed by atoms with Crippen LogP contribution in [0.2, 0.25) is 0 Å². The van der Waals surface area contributed by atoms with Crippen molar-refractivity contribution in [1.82, 2.24) is 19.7 Å². The van der Waals surface area contributed by atoms with E-state index in [1.165, 1.54) is 11.8 Å². The molecule has 27 heavy (non-hydrogen) atoms. The summed E-state index contributed by atoms with van der Waals surface area (Å²) in [5, 5.41) is 18.5. The van der Waals surface area contributed by atoms with Crippen molar-refractivity contribution >= 4 is 17.7 Å². The molecule has 0 unspecified atom stereocenters. The van der Waals surface area contributed by atoms with Crippen molar-refractivity contribution < 1.29 is 9.21 Å². The zero-order valence-corrected chi connectivity index (χ0v) is 17.0. The smallest absolute Gasteiger partial charge is 0.236 e. The maximum atomic E-state index is 13.0. The van der Waals surface area contributed by atoms with Crippen LogP contribution in [-0.2, 0) is 11.8 Å². The van der Waals surface area contributed by atoms with E-state index in [0.29, 0.717) is 11.0 Å². The zero-order valence-electron chi connectivity index (χ0n) is 16.2. The third kappa shape index (κ3) is 3.61. The van der Waals surface area contributed by atoms with Crippen LogP contribution in [-0.4, -0.2) is 43.4 Å². The lowest BCUT2D eigenvalue weighted by molar-refractivity contribution is -0.133. The molecule has 0 spiro atoms. The fourth-order valence-corrected chi connectivity index (χ4v) is 4.53. The predicted molar refractivity (Wildman–Crippen MR) is 103 cm³/mol. The van der Waals surface area contributed by atoms with Crippen molar-refractivity contribution in [2.24, 2.45) is 7.05 Å². The second-order valence-electron chi connectivity index (χ2n) is 7.12. The lowest BCUT2D eigenvalue weighted by atomic mass is 9.81. The van der Waals surface area contributed by atoms with Gasteiger partial charge in [0, 0.05) is 14.1 Å². The summed E-state index contributed by atoms with van der Waals surface area (Å²) in [5.41, 5.74) is 0.210. The lowest BCUT2D eigenvalue weighted by Crippen LogP contribution is -2.52. The number of hydrogen-bond acceptors (Lipinski definition) is 6. The molecule has 0 N–H and O–H groups in total. The highest BCUT2D eigenvalue weighted by atomic mass is 32.2. The Labute approximate surface area is 163 Å². The monoisotopic (exact) mass is 387 g/mol. The van der Waals surface area contributed by atoms with Crippen LogP contribution in [0.15, 0.2) is 21.9 Å². The summed E-state index contributed by atoms with van der Waals surface area (Å²) < 4.78 is 7.21. The van der Waals surface area contributed by atoms with E-state index in [1.807, 2.05) is 31.5 Å². The first-order valence-corrected chi connectivity index (χ1v) is 10.1. The Bertz CT molecular complexity index is 860. The molecule has 7 nitrogen and oxygen atoms in total. The number of nitrogens with zero attached hydrogens (tertiary/aromatic N) is 5. The first-order valence-electron chi connectivity index (χ1n) is 9.19. The van der Waals surface area contributed by atoms with Crippen LogP contribution in [0.5, 0.6) is 0 Å². The standard InChI is InChI=1S/C19H25N5O2S/c1-13-15(8-11-26-13)16-21-22-18(23(16)3)27-14(2)17(25)24(4)19(12-20)9-6-5-7-10-19/h8,11,14H,5-7,9-10H2,1-4H3/t14-/m0/s1. The molecule has 1 fully saturated rings. The Morgan fingerprint density at radius 2 is 2.11 bits per heavy atom. The van der Waals surface area contributed by atoms with Crippen molar-refractivity contribution in [3.8, 4) is 17.5 Å². The lowest BCUT2D eigenvalue weighted by Gasteiger charge is -2.40. The van der Waals surface area contributed by atoms with Crippen LogP contribution in [0.25, 0.3) is 11.4 Å². The molecule has 0 aromatic carbocycles. The Hall–Kier alpha value is -2.27. The average Bonchev–Trinajstić information content (AvgIpc) is 3.26. The Balaban J connectivity index is 1.75. The third-order valence-corrected chi connectivity index (χ3v) is 6.55. The summed E-state index contributed by atoms with van der Waals surface area (Å²) in [6.45, 7) is 3.73. The van der Waals surface area contributed by atoms with Gasteiger partial charge < -0.3 is 13.9 Å². The number of rotatable bonds is 5. The van der Waals surface area contributed by atoms with Gasteiger partial charge >= 0.3 is 0 Å². The molecule has 3 rings (SSSR count). The van der Waals surface area contributed by atoms with E-state index in [-0.39, 0.29) is 11.2 Å². The quantitative estimate of drug-likeness (QED) is 0.729. The summed E-state index contributed by atoms with van der Waals surface area (Å²) in [4.78, 5) is 14.6. The Morgan fingerprint density at radius 3 is 2.70 bits per heavy atom. The van der Waals surface area contributed by atoms with Crippen LogP contribution in [0.4, 0.5) is 0 Å². The number of thioether (sulfide) groups is 1. The third-order valence-electron chi connectivity index (χ3n) is 5.43. The average molecular weight is 388 g/mol. The van der Waals surface area contributed by atoms with Gasteiger partial charge in [-0.15, -0.1) is 10.2 Å². The van der Waals surface area contributed by atoms with Crippen LogP contribution in [0.1, 0.15) is 44.8 Å². The van der Waals surface area contributed by atoms with E-state index >= 15 is 0 Å². The van der Waals surface area contributed by atoms with Gasteiger partial charge in [-0.25, -0.2) is 0 Å². The van der Waals surface area contributed by atoms with E-state index in [4.69, 9.17) is 4.42 Å². The molecular weight excluding hydrogens is 362 g/mol. The molecule has 2 aromatic rings. The molecule has 0 radical (unpaired) electrons. The summed E-state index contributed by atoms with van der Waals surface area (Å²) in [7, 11) is 3.63. The number of hydrogen-bond donors (Lipinski definition) is 0. The number of aromatic nitrogens is 3. The minimum absolute atomic E-state index is 0.0486. The molecule has 0 saturated heterocycles. The maximum absolute atomic E-state index is 13.0. The molecule has 2 heterocycles. The van der Waals surface area contributed by atoms with Gasteiger partial charge in [0.05, 0.1) is 23.1 Å². The summed E-state index contributed by atoms with van der Waals surface area (Å²) in [6, 6.07) is 4.27. The summed E-state index contributed by atoms with van der Waals surface area (Å²) >= 11 is 1.36. The van der Waals surface area contributed by atoms with Gasteiger partial charge in [0.1, 0.15) is 11.3 Å². The zero-order chi connectivity index (χ0) is 19.6. The van der Waals surface area contributed by atoms with Gasteiger partial charge in [-0.05, 0) is 32.8 Å². The van der Waals surface area contributed by atoms with Crippen LogP contribution < -0.4 is 0 Å². The fraction of sp³-hybridized carbons (Fsp3) is 0.579. The number of nitriles is 1. The molecule has 2 aromatic heterocycles. The number of furan rings is 1. The second kappa shape index (κ2) is 7.77. The topological polar surface area (TPSA) is 88.0 Å².